The van der Waals surface area contributed by atoms with Crippen molar-refractivity contribution in [1.29, 1.82) is 0 Å². The molecule has 0 bridgehead atoms. The zero-order valence-corrected chi connectivity index (χ0v) is 16.5. The van der Waals surface area contributed by atoms with E-state index < -0.39 is 0 Å². The molecule has 0 fully saturated rings. The molecule has 0 aliphatic carbocycles. The third-order valence-corrected chi connectivity index (χ3v) is 4.99. The van der Waals surface area contributed by atoms with Gasteiger partial charge in [0, 0.05) is 11.7 Å². The van der Waals surface area contributed by atoms with E-state index >= 15 is 0 Å². The standard InChI is InChI=1S/C22H28N2O3/c1-5-13-27-19-12-11-16(14-20(19)26-4)21-23-18-10-8-7-9-17(18)22(25)24(21)15(3)6-2/h7-12,14-15,21,23H,5-6,13H2,1-4H3/t15-,21-/m0/s1. The van der Waals surface area contributed by atoms with Crippen LogP contribution < -0.4 is 14.8 Å². The van der Waals surface area contributed by atoms with Gasteiger partial charge in [0.05, 0.1) is 19.3 Å². The molecule has 1 amide bonds. The number of para-hydroxylation sites is 1. The molecule has 144 valence electrons. The third-order valence-electron chi connectivity index (χ3n) is 4.99. The fraction of sp³-hybridized carbons (Fsp3) is 0.409. The number of anilines is 1. The van der Waals surface area contributed by atoms with E-state index in [9.17, 15) is 4.79 Å². The van der Waals surface area contributed by atoms with Gasteiger partial charge in [-0.2, -0.15) is 0 Å². The lowest BCUT2D eigenvalue weighted by Gasteiger charge is -2.41. The van der Waals surface area contributed by atoms with Crippen LogP contribution in [-0.2, 0) is 0 Å². The summed E-state index contributed by atoms with van der Waals surface area (Å²) in [6, 6.07) is 13.6. The van der Waals surface area contributed by atoms with E-state index in [0.717, 1.165) is 29.8 Å². The van der Waals surface area contributed by atoms with E-state index in [2.05, 4.69) is 26.1 Å². The largest absolute Gasteiger partial charge is 0.493 e. The van der Waals surface area contributed by atoms with Crippen molar-refractivity contribution in [3.63, 3.8) is 0 Å². The van der Waals surface area contributed by atoms with Crippen molar-refractivity contribution in [2.75, 3.05) is 19.0 Å². The Bertz CT molecular complexity index is 806. The van der Waals surface area contributed by atoms with Gasteiger partial charge in [0.15, 0.2) is 11.5 Å². The first-order valence-corrected chi connectivity index (χ1v) is 9.59. The molecule has 2 atom stereocenters. The molecule has 1 heterocycles. The van der Waals surface area contributed by atoms with Crippen LogP contribution in [0.25, 0.3) is 0 Å². The number of nitrogens with one attached hydrogen (secondary N) is 1. The van der Waals surface area contributed by atoms with Gasteiger partial charge < -0.3 is 19.7 Å². The SMILES string of the molecule is CCCOc1ccc([C@H]2Nc3ccccc3C(=O)N2[C@@H](C)CC)cc1OC. The molecule has 5 nitrogen and oxygen atoms in total. The fourth-order valence-electron chi connectivity index (χ4n) is 3.35. The zero-order valence-electron chi connectivity index (χ0n) is 16.5. The minimum atomic E-state index is -0.253. The van der Waals surface area contributed by atoms with Crippen LogP contribution >= 0.6 is 0 Å². The summed E-state index contributed by atoms with van der Waals surface area (Å²) >= 11 is 0. The summed E-state index contributed by atoms with van der Waals surface area (Å²) < 4.78 is 11.3. The van der Waals surface area contributed by atoms with Gasteiger partial charge in [-0.3, -0.25) is 4.79 Å². The maximum Gasteiger partial charge on any atom is 0.258 e. The Balaban J connectivity index is 2.01. The van der Waals surface area contributed by atoms with Gasteiger partial charge in [-0.1, -0.05) is 32.0 Å². The van der Waals surface area contributed by atoms with Crippen molar-refractivity contribution in [1.82, 2.24) is 4.90 Å². The summed E-state index contributed by atoms with van der Waals surface area (Å²) in [5.41, 5.74) is 2.54. The van der Waals surface area contributed by atoms with Crippen molar-refractivity contribution in [2.45, 2.75) is 45.8 Å². The lowest BCUT2D eigenvalue weighted by Crippen LogP contribution is -2.47. The van der Waals surface area contributed by atoms with Crippen LogP contribution in [0.2, 0.25) is 0 Å². The molecular formula is C22H28N2O3. The van der Waals surface area contributed by atoms with E-state index in [4.69, 9.17) is 9.47 Å². The Hall–Kier alpha value is -2.69. The average molecular weight is 368 g/mol. The number of carbonyl (C=O) groups is 1. The van der Waals surface area contributed by atoms with E-state index in [1.807, 2.05) is 47.4 Å². The number of hydrogen-bond donors (Lipinski definition) is 1. The molecule has 1 aliphatic rings. The van der Waals surface area contributed by atoms with E-state index in [0.29, 0.717) is 17.9 Å². The number of benzene rings is 2. The summed E-state index contributed by atoms with van der Waals surface area (Å²) in [6.45, 7) is 6.89. The minimum absolute atomic E-state index is 0.0500. The van der Waals surface area contributed by atoms with Gasteiger partial charge in [0.25, 0.3) is 5.91 Å². The monoisotopic (exact) mass is 368 g/mol. The normalized spacial score (nSPS) is 17.1. The van der Waals surface area contributed by atoms with E-state index in [1.165, 1.54) is 0 Å². The predicted octanol–water partition coefficient (Wildman–Crippen LogP) is 4.85. The molecule has 0 radical (unpaired) electrons. The molecule has 0 aromatic heterocycles. The number of hydrogen-bond acceptors (Lipinski definition) is 4. The molecule has 3 rings (SSSR count). The molecule has 2 aromatic rings. The number of carbonyl (C=O) groups excluding carboxylic acids is 1. The Morgan fingerprint density at radius 1 is 1.15 bits per heavy atom. The number of amides is 1. The molecule has 1 aliphatic heterocycles. The second kappa shape index (κ2) is 8.33. The fourth-order valence-corrected chi connectivity index (χ4v) is 3.35. The van der Waals surface area contributed by atoms with Crippen LogP contribution in [0.1, 0.15) is 55.7 Å². The van der Waals surface area contributed by atoms with Crippen LogP contribution in [0.3, 0.4) is 0 Å². The highest BCUT2D eigenvalue weighted by atomic mass is 16.5. The van der Waals surface area contributed by atoms with Crippen molar-refractivity contribution in [3.8, 4) is 11.5 Å². The third kappa shape index (κ3) is 3.72. The van der Waals surface area contributed by atoms with Crippen LogP contribution in [0.4, 0.5) is 5.69 Å². The Morgan fingerprint density at radius 3 is 2.63 bits per heavy atom. The maximum atomic E-state index is 13.2. The quantitative estimate of drug-likeness (QED) is 0.759. The molecule has 0 saturated heterocycles. The van der Waals surface area contributed by atoms with Crippen LogP contribution in [0.15, 0.2) is 42.5 Å². The number of methoxy groups -OCH3 is 1. The summed E-state index contributed by atoms with van der Waals surface area (Å²) in [5.74, 6) is 1.45. The Labute approximate surface area is 161 Å². The van der Waals surface area contributed by atoms with E-state index in [1.54, 1.807) is 7.11 Å². The summed E-state index contributed by atoms with van der Waals surface area (Å²) in [5, 5.41) is 3.53. The topological polar surface area (TPSA) is 50.8 Å². The maximum absolute atomic E-state index is 13.2. The summed E-state index contributed by atoms with van der Waals surface area (Å²) in [7, 11) is 1.64. The van der Waals surface area contributed by atoms with Gasteiger partial charge in [-0.15, -0.1) is 0 Å². The Kier molecular flexibility index (Phi) is 5.89. The highest BCUT2D eigenvalue weighted by Crippen LogP contribution is 2.38. The second-order valence-electron chi connectivity index (χ2n) is 6.82. The van der Waals surface area contributed by atoms with Crippen molar-refractivity contribution >= 4 is 11.6 Å². The number of nitrogens with zero attached hydrogens (tertiary/aromatic N) is 1. The molecule has 0 unspecified atom stereocenters. The van der Waals surface area contributed by atoms with Gasteiger partial charge in [-0.25, -0.2) is 0 Å². The number of fused-ring (bicyclic) bond motifs is 1. The summed E-state index contributed by atoms with van der Waals surface area (Å²) in [4.78, 5) is 15.1. The molecule has 0 spiro atoms. The van der Waals surface area contributed by atoms with Crippen molar-refractivity contribution in [3.05, 3.63) is 53.6 Å². The van der Waals surface area contributed by atoms with Crippen molar-refractivity contribution in [2.24, 2.45) is 0 Å². The zero-order chi connectivity index (χ0) is 19.4. The molecular weight excluding hydrogens is 340 g/mol. The smallest absolute Gasteiger partial charge is 0.258 e. The first-order valence-electron chi connectivity index (χ1n) is 9.59. The highest BCUT2D eigenvalue weighted by Gasteiger charge is 2.35. The van der Waals surface area contributed by atoms with Gasteiger partial charge in [0.2, 0.25) is 0 Å². The molecule has 0 saturated carbocycles. The lowest BCUT2D eigenvalue weighted by molar-refractivity contribution is 0.0593. The lowest BCUT2D eigenvalue weighted by atomic mass is 10.0. The summed E-state index contributed by atoms with van der Waals surface area (Å²) in [6.07, 6.45) is 1.56. The molecule has 27 heavy (non-hydrogen) atoms. The molecule has 1 N–H and O–H groups in total. The first-order chi connectivity index (χ1) is 13.1. The predicted molar refractivity (Wildman–Crippen MR) is 108 cm³/mol. The highest BCUT2D eigenvalue weighted by molar-refractivity contribution is 6.01. The van der Waals surface area contributed by atoms with Crippen LogP contribution in [0, 0.1) is 0 Å². The van der Waals surface area contributed by atoms with Crippen molar-refractivity contribution < 1.29 is 14.3 Å². The molecule has 5 heteroatoms. The average Bonchev–Trinajstić information content (AvgIpc) is 2.71. The Morgan fingerprint density at radius 2 is 1.93 bits per heavy atom. The minimum Gasteiger partial charge on any atom is -0.493 e. The number of rotatable bonds is 7. The van der Waals surface area contributed by atoms with Crippen LogP contribution in [-0.4, -0.2) is 30.6 Å². The first kappa shape index (κ1) is 19.1. The number of ether oxygens (including phenoxy) is 2. The van der Waals surface area contributed by atoms with Crippen LogP contribution in [0.5, 0.6) is 11.5 Å². The van der Waals surface area contributed by atoms with Gasteiger partial charge in [0.1, 0.15) is 6.17 Å². The van der Waals surface area contributed by atoms with E-state index in [-0.39, 0.29) is 18.1 Å². The van der Waals surface area contributed by atoms with Gasteiger partial charge in [-0.05, 0) is 49.6 Å². The van der Waals surface area contributed by atoms with Gasteiger partial charge >= 0.3 is 0 Å². The molecule has 2 aromatic carbocycles. The second-order valence-corrected chi connectivity index (χ2v) is 6.82.